The van der Waals surface area contributed by atoms with Crippen LogP contribution in [0.3, 0.4) is 0 Å². The number of nitrogens with one attached hydrogen (secondary N) is 1. The van der Waals surface area contributed by atoms with Crippen molar-refractivity contribution in [3.63, 3.8) is 0 Å². The molecule has 2 aromatic heterocycles. The van der Waals surface area contributed by atoms with Crippen molar-refractivity contribution >= 4 is 33.3 Å². The summed E-state index contributed by atoms with van der Waals surface area (Å²) in [4.78, 5) is 26.7. The fourth-order valence-electron chi connectivity index (χ4n) is 5.11. The number of rotatable bonds is 2. The zero-order valence-electron chi connectivity index (χ0n) is 15.0. The van der Waals surface area contributed by atoms with Crippen LogP contribution in [0.1, 0.15) is 25.7 Å². The molecule has 0 radical (unpaired) electrons. The van der Waals surface area contributed by atoms with E-state index < -0.39 is 0 Å². The molecule has 26 heavy (non-hydrogen) atoms. The topological polar surface area (TPSA) is 61.4 Å². The highest BCUT2D eigenvalue weighted by Gasteiger charge is 2.51. The summed E-state index contributed by atoms with van der Waals surface area (Å²) in [6.45, 7) is 5.18. The van der Waals surface area contributed by atoms with Crippen LogP contribution in [0.4, 0.5) is 5.82 Å². The first-order valence-corrected chi connectivity index (χ1v) is 10.6. The lowest BCUT2D eigenvalue weighted by Crippen LogP contribution is -2.56. The Balaban J connectivity index is 1.31. The number of aromatic nitrogens is 2. The number of thiophene rings is 1. The van der Waals surface area contributed by atoms with Gasteiger partial charge in [-0.3, -0.25) is 4.79 Å². The Labute approximate surface area is 157 Å². The van der Waals surface area contributed by atoms with Gasteiger partial charge in [-0.15, -0.1) is 11.3 Å². The van der Waals surface area contributed by atoms with Gasteiger partial charge >= 0.3 is 0 Å². The van der Waals surface area contributed by atoms with Crippen LogP contribution in [-0.4, -0.2) is 60.0 Å². The Hall–Kier alpha value is -1.73. The monoisotopic (exact) mass is 371 g/mol. The molecule has 1 aliphatic carbocycles. The quantitative estimate of drug-likeness (QED) is 0.876. The summed E-state index contributed by atoms with van der Waals surface area (Å²) < 4.78 is 1.15. The van der Waals surface area contributed by atoms with Crippen LogP contribution >= 0.6 is 11.3 Å². The summed E-state index contributed by atoms with van der Waals surface area (Å²) in [6, 6.07) is 2.04. The van der Waals surface area contributed by atoms with Gasteiger partial charge in [0.25, 0.3) is 0 Å². The molecule has 5 rings (SSSR count). The Kier molecular flexibility index (Phi) is 4.09. The molecule has 4 heterocycles. The molecule has 7 heteroatoms. The van der Waals surface area contributed by atoms with E-state index >= 15 is 0 Å². The van der Waals surface area contributed by atoms with E-state index in [9.17, 15) is 4.79 Å². The van der Waals surface area contributed by atoms with Crippen LogP contribution in [0.5, 0.6) is 0 Å². The van der Waals surface area contributed by atoms with E-state index in [-0.39, 0.29) is 5.41 Å². The number of carbonyl (C=O) groups excluding carboxylic acids is 1. The number of carbonyl (C=O) groups is 1. The molecule has 1 N–H and O–H groups in total. The van der Waals surface area contributed by atoms with Crippen molar-refractivity contribution in [2.75, 3.05) is 44.2 Å². The van der Waals surface area contributed by atoms with E-state index in [4.69, 9.17) is 0 Å². The Morgan fingerprint density at radius 3 is 3.00 bits per heavy atom. The highest BCUT2D eigenvalue weighted by Crippen LogP contribution is 2.45. The molecular formula is C19H25N5OS. The number of amides is 1. The fraction of sp³-hybridized carbons (Fsp3) is 0.632. The minimum atomic E-state index is -0.129. The van der Waals surface area contributed by atoms with Crippen LogP contribution < -0.4 is 10.2 Å². The normalized spacial score (nSPS) is 29.2. The predicted octanol–water partition coefficient (Wildman–Crippen LogP) is 2.12. The molecule has 2 atom stereocenters. The van der Waals surface area contributed by atoms with Crippen molar-refractivity contribution in [3.8, 4) is 0 Å². The molecule has 2 saturated heterocycles. The Morgan fingerprint density at radius 1 is 1.23 bits per heavy atom. The maximum Gasteiger partial charge on any atom is 0.230 e. The van der Waals surface area contributed by atoms with E-state index in [2.05, 4.69) is 30.5 Å². The summed E-state index contributed by atoms with van der Waals surface area (Å²) >= 11 is 1.69. The molecule has 0 unspecified atom stereocenters. The Bertz CT molecular complexity index is 815. The zero-order valence-corrected chi connectivity index (χ0v) is 15.8. The average Bonchev–Trinajstić information content (AvgIpc) is 3.34. The maximum atomic E-state index is 13.4. The average molecular weight is 372 g/mol. The lowest BCUT2D eigenvalue weighted by atomic mass is 9.67. The third kappa shape index (κ3) is 2.52. The summed E-state index contributed by atoms with van der Waals surface area (Å²) in [5.74, 6) is 1.96. The third-order valence-corrected chi connectivity index (χ3v) is 7.45. The molecule has 1 saturated carbocycles. The van der Waals surface area contributed by atoms with Gasteiger partial charge in [0.15, 0.2) is 0 Å². The van der Waals surface area contributed by atoms with Crippen molar-refractivity contribution in [2.45, 2.75) is 25.7 Å². The summed E-state index contributed by atoms with van der Waals surface area (Å²) in [5.41, 5.74) is 0.885. The van der Waals surface area contributed by atoms with Gasteiger partial charge in [-0.05, 0) is 36.8 Å². The van der Waals surface area contributed by atoms with Gasteiger partial charge in [-0.1, -0.05) is 12.8 Å². The maximum absolute atomic E-state index is 13.4. The van der Waals surface area contributed by atoms with Crippen LogP contribution in [0.2, 0.25) is 0 Å². The molecule has 2 aliphatic heterocycles. The highest BCUT2D eigenvalue weighted by atomic mass is 32.1. The fourth-order valence-corrected chi connectivity index (χ4v) is 5.97. The van der Waals surface area contributed by atoms with E-state index in [1.165, 1.54) is 19.3 Å². The van der Waals surface area contributed by atoms with E-state index in [1.54, 1.807) is 17.7 Å². The van der Waals surface area contributed by atoms with Gasteiger partial charge in [0, 0.05) is 32.7 Å². The summed E-state index contributed by atoms with van der Waals surface area (Å²) in [5, 5.41) is 5.57. The molecule has 2 aromatic rings. The van der Waals surface area contributed by atoms with Crippen LogP contribution in [0.15, 0.2) is 17.8 Å². The van der Waals surface area contributed by atoms with Gasteiger partial charge < -0.3 is 15.1 Å². The van der Waals surface area contributed by atoms with Gasteiger partial charge in [0.2, 0.25) is 5.91 Å². The van der Waals surface area contributed by atoms with Crippen molar-refractivity contribution in [1.29, 1.82) is 0 Å². The van der Waals surface area contributed by atoms with Crippen LogP contribution in [0.25, 0.3) is 10.2 Å². The first-order chi connectivity index (χ1) is 12.8. The Morgan fingerprint density at radius 2 is 2.12 bits per heavy atom. The molecule has 1 amide bonds. The molecule has 6 nitrogen and oxygen atoms in total. The van der Waals surface area contributed by atoms with Gasteiger partial charge in [-0.25, -0.2) is 9.97 Å². The second kappa shape index (κ2) is 6.46. The highest BCUT2D eigenvalue weighted by molar-refractivity contribution is 7.17. The molecule has 0 bridgehead atoms. The van der Waals surface area contributed by atoms with Crippen molar-refractivity contribution < 1.29 is 4.79 Å². The largest absolute Gasteiger partial charge is 0.352 e. The molecule has 138 valence electrons. The first kappa shape index (κ1) is 16.4. The van der Waals surface area contributed by atoms with Crippen LogP contribution in [0, 0.1) is 11.3 Å². The minimum Gasteiger partial charge on any atom is -0.352 e. The van der Waals surface area contributed by atoms with E-state index in [0.29, 0.717) is 11.8 Å². The molecule has 0 spiro atoms. The standard InChI is InChI=1S/C19H25N5OS/c25-18(19-5-2-1-3-14(19)11-20-12-19)24-8-6-23(7-9-24)17-16-15(4-10-26-16)21-13-22-17/h4,10,13-14,20H,1-3,5-9,11-12H2/t14-,19+/m0/s1. The number of hydrogen-bond acceptors (Lipinski definition) is 6. The zero-order chi connectivity index (χ0) is 17.6. The second-order valence-corrected chi connectivity index (χ2v) is 8.76. The number of fused-ring (bicyclic) bond motifs is 2. The lowest BCUT2D eigenvalue weighted by molar-refractivity contribution is -0.145. The smallest absolute Gasteiger partial charge is 0.230 e. The van der Waals surface area contributed by atoms with Crippen molar-refractivity contribution in [2.24, 2.45) is 11.3 Å². The molecular weight excluding hydrogens is 346 g/mol. The third-order valence-electron chi connectivity index (χ3n) is 6.55. The molecule has 0 aromatic carbocycles. The van der Waals surface area contributed by atoms with Gasteiger partial charge in [-0.2, -0.15) is 0 Å². The van der Waals surface area contributed by atoms with E-state index in [1.807, 2.05) is 6.07 Å². The second-order valence-electron chi connectivity index (χ2n) is 7.84. The number of nitrogens with zero attached hydrogens (tertiary/aromatic N) is 4. The summed E-state index contributed by atoms with van der Waals surface area (Å²) in [6.07, 6.45) is 6.39. The van der Waals surface area contributed by atoms with E-state index in [0.717, 1.165) is 61.7 Å². The summed E-state index contributed by atoms with van der Waals surface area (Å²) in [7, 11) is 0. The number of hydrogen-bond donors (Lipinski definition) is 1. The number of anilines is 1. The molecule has 3 aliphatic rings. The molecule has 3 fully saturated rings. The lowest BCUT2D eigenvalue weighted by Gasteiger charge is -2.43. The SMILES string of the molecule is O=C(N1CCN(c2ncnc3ccsc23)CC1)[C@@]12CCCC[C@H]1CNC2. The van der Waals surface area contributed by atoms with Crippen molar-refractivity contribution in [1.82, 2.24) is 20.2 Å². The first-order valence-electron chi connectivity index (χ1n) is 9.71. The van der Waals surface area contributed by atoms with Gasteiger partial charge in [0.05, 0.1) is 15.6 Å². The predicted molar refractivity (Wildman–Crippen MR) is 103 cm³/mol. The minimum absolute atomic E-state index is 0.129. The van der Waals surface area contributed by atoms with Crippen LogP contribution in [-0.2, 0) is 4.79 Å². The van der Waals surface area contributed by atoms with Gasteiger partial charge in [0.1, 0.15) is 12.1 Å². The van der Waals surface area contributed by atoms with Crippen molar-refractivity contribution in [3.05, 3.63) is 17.8 Å². The number of piperazine rings is 1.